The minimum absolute atomic E-state index is 0.423. The van der Waals surface area contributed by atoms with E-state index < -0.39 is 5.60 Å². The molecule has 0 aromatic rings. The first-order chi connectivity index (χ1) is 7.20. The Bertz CT molecular complexity index is 196. The molecule has 0 bridgehead atoms. The first-order valence-electron chi connectivity index (χ1n) is 6.23. The summed E-state index contributed by atoms with van der Waals surface area (Å²) in [5.74, 6) is 0.634. The average molecular weight is 213 g/mol. The number of hydrogen-bond donors (Lipinski definition) is 2. The van der Waals surface area contributed by atoms with Gasteiger partial charge in [-0.2, -0.15) is 0 Å². The lowest BCUT2D eigenvalue weighted by Gasteiger charge is -2.27. The van der Waals surface area contributed by atoms with Crippen LogP contribution in [0.4, 0.5) is 0 Å². The van der Waals surface area contributed by atoms with Crippen LogP contribution in [0, 0.1) is 5.92 Å². The molecule has 3 heteroatoms. The van der Waals surface area contributed by atoms with E-state index in [4.69, 9.17) is 4.74 Å². The Morgan fingerprint density at radius 3 is 2.80 bits per heavy atom. The van der Waals surface area contributed by atoms with Crippen molar-refractivity contribution in [1.29, 1.82) is 0 Å². The monoisotopic (exact) mass is 213 g/mol. The third kappa shape index (κ3) is 2.92. The van der Waals surface area contributed by atoms with Crippen molar-refractivity contribution in [3.63, 3.8) is 0 Å². The summed E-state index contributed by atoms with van der Waals surface area (Å²) in [6, 6.07) is 0.470. The topological polar surface area (TPSA) is 41.5 Å². The molecule has 2 aliphatic rings. The summed E-state index contributed by atoms with van der Waals surface area (Å²) in [4.78, 5) is 0. The molecule has 0 radical (unpaired) electrons. The van der Waals surface area contributed by atoms with Gasteiger partial charge in [0.2, 0.25) is 0 Å². The van der Waals surface area contributed by atoms with Crippen LogP contribution in [-0.2, 0) is 4.74 Å². The lowest BCUT2D eigenvalue weighted by molar-refractivity contribution is 0.0428. The van der Waals surface area contributed by atoms with Gasteiger partial charge >= 0.3 is 0 Å². The molecule has 2 unspecified atom stereocenters. The van der Waals surface area contributed by atoms with Gasteiger partial charge in [0.05, 0.1) is 12.2 Å². The number of nitrogens with one attached hydrogen (secondary N) is 1. The van der Waals surface area contributed by atoms with Crippen LogP contribution < -0.4 is 5.32 Å². The number of rotatable bonds is 4. The Morgan fingerprint density at radius 1 is 1.47 bits per heavy atom. The highest BCUT2D eigenvalue weighted by molar-refractivity contribution is 4.88. The second kappa shape index (κ2) is 4.81. The summed E-state index contributed by atoms with van der Waals surface area (Å²) in [6.45, 7) is 4.75. The number of ether oxygens (including phenoxy) is 1. The fourth-order valence-corrected chi connectivity index (χ4v) is 2.67. The van der Waals surface area contributed by atoms with Gasteiger partial charge < -0.3 is 15.2 Å². The van der Waals surface area contributed by atoms with Gasteiger partial charge in [0, 0.05) is 19.2 Å². The Hall–Kier alpha value is -0.120. The second-order valence-corrected chi connectivity index (χ2v) is 5.22. The maximum absolute atomic E-state index is 10.2. The highest BCUT2D eigenvalue weighted by Crippen LogP contribution is 2.29. The molecule has 0 amide bonds. The molecule has 15 heavy (non-hydrogen) atoms. The van der Waals surface area contributed by atoms with Gasteiger partial charge in [0.25, 0.3) is 0 Å². The largest absolute Gasteiger partial charge is 0.389 e. The predicted molar refractivity (Wildman–Crippen MR) is 59.8 cm³/mol. The highest BCUT2D eigenvalue weighted by Gasteiger charge is 2.32. The molecule has 1 aliphatic carbocycles. The molecule has 2 rings (SSSR count). The third-order valence-electron chi connectivity index (χ3n) is 3.96. The van der Waals surface area contributed by atoms with Gasteiger partial charge in [0.15, 0.2) is 0 Å². The van der Waals surface area contributed by atoms with Gasteiger partial charge in [-0.15, -0.1) is 0 Å². The zero-order valence-electron chi connectivity index (χ0n) is 9.67. The fraction of sp³-hybridized carbons (Fsp3) is 1.00. The molecule has 2 N–H and O–H groups in total. The molecule has 1 aliphatic heterocycles. The van der Waals surface area contributed by atoms with Crippen molar-refractivity contribution in [3.8, 4) is 0 Å². The summed E-state index contributed by atoms with van der Waals surface area (Å²) >= 11 is 0. The van der Waals surface area contributed by atoms with Crippen molar-refractivity contribution in [1.82, 2.24) is 5.32 Å². The molecule has 88 valence electrons. The zero-order chi connectivity index (χ0) is 10.7. The van der Waals surface area contributed by atoms with Crippen LogP contribution in [0.25, 0.3) is 0 Å². The van der Waals surface area contributed by atoms with Crippen LogP contribution in [0.15, 0.2) is 0 Å². The SMILES string of the molecule is CC(NCC1(O)CCCC1)C1CCOC1. The predicted octanol–water partition coefficient (Wildman–Crippen LogP) is 1.31. The second-order valence-electron chi connectivity index (χ2n) is 5.22. The summed E-state index contributed by atoms with van der Waals surface area (Å²) < 4.78 is 5.37. The van der Waals surface area contributed by atoms with Crippen LogP contribution in [0.5, 0.6) is 0 Å². The van der Waals surface area contributed by atoms with E-state index in [0.29, 0.717) is 12.0 Å². The standard InChI is InChI=1S/C12H23NO2/c1-10(11-4-7-15-8-11)13-9-12(14)5-2-3-6-12/h10-11,13-14H,2-9H2,1H3. The van der Waals surface area contributed by atoms with E-state index in [1.54, 1.807) is 0 Å². The average Bonchev–Trinajstić information content (AvgIpc) is 2.85. The van der Waals surface area contributed by atoms with Crippen molar-refractivity contribution in [2.45, 2.75) is 50.7 Å². The lowest BCUT2D eigenvalue weighted by atomic mass is 9.98. The Kier molecular flexibility index (Phi) is 3.65. The van der Waals surface area contributed by atoms with Crippen molar-refractivity contribution in [3.05, 3.63) is 0 Å². The fourth-order valence-electron chi connectivity index (χ4n) is 2.67. The Balaban J connectivity index is 1.72. The molecular formula is C12H23NO2. The van der Waals surface area contributed by atoms with Gasteiger partial charge in [-0.1, -0.05) is 12.8 Å². The van der Waals surface area contributed by atoms with E-state index in [-0.39, 0.29) is 0 Å². The molecule has 2 fully saturated rings. The minimum Gasteiger partial charge on any atom is -0.389 e. The molecule has 0 aromatic carbocycles. The maximum Gasteiger partial charge on any atom is 0.0771 e. The lowest BCUT2D eigenvalue weighted by Crippen LogP contribution is -2.44. The Morgan fingerprint density at radius 2 is 2.20 bits per heavy atom. The normalized spacial score (nSPS) is 32.0. The van der Waals surface area contributed by atoms with Crippen molar-refractivity contribution < 1.29 is 9.84 Å². The van der Waals surface area contributed by atoms with Crippen LogP contribution in [-0.4, -0.2) is 36.5 Å². The van der Waals surface area contributed by atoms with Crippen LogP contribution in [0.2, 0.25) is 0 Å². The molecule has 0 spiro atoms. The van der Waals surface area contributed by atoms with E-state index in [1.165, 1.54) is 12.8 Å². The molecule has 0 aromatic heterocycles. The molecule has 3 nitrogen and oxygen atoms in total. The van der Waals surface area contributed by atoms with Crippen molar-refractivity contribution >= 4 is 0 Å². The zero-order valence-corrected chi connectivity index (χ0v) is 9.67. The minimum atomic E-state index is -0.423. The first-order valence-corrected chi connectivity index (χ1v) is 6.23. The summed E-state index contributed by atoms with van der Waals surface area (Å²) in [5, 5.41) is 13.7. The van der Waals surface area contributed by atoms with E-state index in [9.17, 15) is 5.11 Å². The summed E-state index contributed by atoms with van der Waals surface area (Å²) in [6.07, 6.45) is 5.45. The van der Waals surface area contributed by atoms with E-state index >= 15 is 0 Å². The third-order valence-corrected chi connectivity index (χ3v) is 3.96. The molecule has 1 saturated heterocycles. The molecule has 1 heterocycles. The van der Waals surface area contributed by atoms with Crippen LogP contribution >= 0.6 is 0 Å². The van der Waals surface area contributed by atoms with Crippen LogP contribution in [0.1, 0.15) is 39.0 Å². The number of hydrogen-bond acceptors (Lipinski definition) is 3. The quantitative estimate of drug-likeness (QED) is 0.740. The van der Waals surface area contributed by atoms with Gasteiger partial charge in [0.1, 0.15) is 0 Å². The van der Waals surface area contributed by atoms with Crippen molar-refractivity contribution in [2.75, 3.05) is 19.8 Å². The molecule has 2 atom stereocenters. The smallest absolute Gasteiger partial charge is 0.0771 e. The molecular weight excluding hydrogens is 190 g/mol. The van der Waals surface area contributed by atoms with Crippen molar-refractivity contribution in [2.24, 2.45) is 5.92 Å². The van der Waals surface area contributed by atoms with Gasteiger partial charge in [-0.3, -0.25) is 0 Å². The van der Waals surface area contributed by atoms with E-state index in [0.717, 1.165) is 39.0 Å². The first kappa shape index (κ1) is 11.4. The van der Waals surface area contributed by atoms with Gasteiger partial charge in [-0.25, -0.2) is 0 Å². The van der Waals surface area contributed by atoms with Gasteiger partial charge in [-0.05, 0) is 32.1 Å². The highest BCUT2D eigenvalue weighted by atomic mass is 16.5. The summed E-state index contributed by atoms with van der Waals surface area (Å²) in [5.41, 5.74) is -0.423. The summed E-state index contributed by atoms with van der Waals surface area (Å²) in [7, 11) is 0. The maximum atomic E-state index is 10.2. The molecule has 1 saturated carbocycles. The van der Waals surface area contributed by atoms with E-state index in [1.807, 2.05) is 0 Å². The number of aliphatic hydroxyl groups is 1. The van der Waals surface area contributed by atoms with Crippen LogP contribution in [0.3, 0.4) is 0 Å². The van der Waals surface area contributed by atoms with E-state index in [2.05, 4.69) is 12.2 Å². The Labute approximate surface area is 92.2 Å².